The van der Waals surface area contributed by atoms with Crippen LogP contribution in [0.5, 0.6) is 5.75 Å². The van der Waals surface area contributed by atoms with E-state index in [4.69, 9.17) is 0 Å². The van der Waals surface area contributed by atoms with Crippen molar-refractivity contribution < 1.29 is 9.90 Å². The van der Waals surface area contributed by atoms with Crippen LogP contribution in [0.15, 0.2) is 55.2 Å². The molecule has 0 bridgehead atoms. The number of carbonyl (C=O) groups is 1. The summed E-state index contributed by atoms with van der Waals surface area (Å²) in [5.41, 5.74) is 2.80. The molecule has 1 N–H and O–H groups in total. The topological polar surface area (TPSA) is 52.9 Å². The van der Waals surface area contributed by atoms with Gasteiger partial charge in [-0.1, -0.05) is 17.7 Å². The molecule has 134 valence electrons. The number of carbonyl (C=O) groups excluding carboxylic acids is 1. The molecule has 1 fully saturated rings. The van der Waals surface area contributed by atoms with Gasteiger partial charge in [0.05, 0.1) is 19.5 Å². The monoisotopic (exact) mass is 494 g/mol. The molecule has 1 aliphatic heterocycles. The fourth-order valence-corrected chi connectivity index (χ4v) is 4.70. The molecule has 0 aliphatic carbocycles. The number of aromatic hydroxyl groups is 1. The summed E-state index contributed by atoms with van der Waals surface area (Å²) in [6.07, 6.45) is 1.81. The first-order valence-electron chi connectivity index (χ1n) is 7.94. The van der Waals surface area contributed by atoms with Gasteiger partial charge in [0.25, 0.3) is 5.91 Å². The lowest BCUT2D eigenvalue weighted by molar-refractivity contribution is -0.122. The summed E-state index contributed by atoms with van der Waals surface area (Å²) < 4.78 is 1.13. The van der Waals surface area contributed by atoms with Crippen molar-refractivity contribution in [1.29, 1.82) is 0 Å². The number of amides is 1. The van der Waals surface area contributed by atoms with Gasteiger partial charge in [-0.15, -0.1) is 0 Å². The van der Waals surface area contributed by atoms with E-state index >= 15 is 0 Å². The molecule has 0 saturated carbocycles. The quantitative estimate of drug-likeness (QED) is 0.543. The van der Waals surface area contributed by atoms with Gasteiger partial charge in [0.15, 0.2) is 5.17 Å². The van der Waals surface area contributed by atoms with Gasteiger partial charge in [-0.25, -0.2) is 4.99 Å². The van der Waals surface area contributed by atoms with Crippen LogP contribution >= 0.6 is 43.6 Å². The van der Waals surface area contributed by atoms with E-state index in [2.05, 4.69) is 36.9 Å². The van der Waals surface area contributed by atoms with Crippen LogP contribution in [0.4, 0.5) is 5.69 Å². The molecule has 0 radical (unpaired) electrons. The highest BCUT2D eigenvalue weighted by molar-refractivity contribution is 9.11. The number of hydrogen-bond donors (Lipinski definition) is 1. The molecule has 1 saturated heterocycles. The molecule has 1 heterocycles. The third-order valence-electron chi connectivity index (χ3n) is 3.80. The van der Waals surface area contributed by atoms with Crippen molar-refractivity contribution in [3.05, 3.63) is 61.4 Å². The number of phenols is 1. The number of halogens is 2. The lowest BCUT2D eigenvalue weighted by Gasteiger charge is -2.12. The van der Waals surface area contributed by atoms with Crippen molar-refractivity contribution in [2.45, 2.75) is 13.8 Å². The first-order chi connectivity index (χ1) is 12.4. The highest BCUT2D eigenvalue weighted by atomic mass is 79.9. The summed E-state index contributed by atoms with van der Waals surface area (Å²) in [6.45, 7) is 4.51. The molecule has 7 heteroatoms. The summed E-state index contributed by atoms with van der Waals surface area (Å²) in [4.78, 5) is 19.6. The second-order valence-corrected chi connectivity index (χ2v) is 8.44. The summed E-state index contributed by atoms with van der Waals surface area (Å²) in [7, 11) is 0. The minimum Gasteiger partial charge on any atom is -0.506 e. The lowest BCUT2D eigenvalue weighted by atomic mass is 10.2. The Morgan fingerprint density at radius 3 is 2.38 bits per heavy atom. The molecule has 4 nitrogen and oxygen atoms in total. The minimum absolute atomic E-state index is 0.0660. The van der Waals surface area contributed by atoms with Crippen LogP contribution in [0.2, 0.25) is 0 Å². The number of nitrogens with zero attached hydrogens (tertiary/aromatic N) is 2. The van der Waals surface area contributed by atoms with E-state index in [1.165, 1.54) is 17.3 Å². The zero-order valence-electron chi connectivity index (χ0n) is 14.2. The molecular weight excluding hydrogens is 480 g/mol. The maximum atomic E-state index is 12.7. The molecule has 2 aromatic carbocycles. The van der Waals surface area contributed by atoms with Crippen LogP contribution in [0.25, 0.3) is 6.08 Å². The zero-order valence-corrected chi connectivity index (χ0v) is 18.2. The number of phenolic OH excluding ortho intramolecular Hbond substituents is 1. The number of aryl methyl sites for hydroxylation is 1. The first-order valence-corrected chi connectivity index (χ1v) is 10.3. The molecule has 1 aliphatic rings. The maximum absolute atomic E-state index is 12.7. The number of likely N-dealkylation sites (N-methyl/N-ethyl adjacent to an activating group) is 1. The van der Waals surface area contributed by atoms with Crippen LogP contribution in [-0.2, 0) is 4.79 Å². The molecule has 3 rings (SSSR count). The van der Waals surface area contributed by atoms with Gasteiger partial charge in [0, 0.05) is 6.54 Å². The van der Waals surface area contributed by atoms with Gasteiger partial charge in [-0.3, -0.25) is 9.69 Å². The average Bonchev–Trinajstić information content (AvgIpc) is 2.89. The first kappa shape index (κ1) is 19.2. The van der Waals surface area contributed by atoms with E-state index in [0.29, 0.717) is 25.6 Å². The van der Waals surface area contributed by atoms with E-state index in [0.717, 1.165) is 11.3 Å². The Morgan fingerprint density at radius 2 is 1.81 bits per heavy atom. The summed E-state index contributed by atoms with van der Waals surface area (Å²) in [6, 6.07) is 11.4. The van der Waals surface area contributed by atoms with E-state index in [1.807, 2.05) is 44.2 Å². The van der Waals surface area contributed by atoms with Gasteiger partial charge in [-0.2, -0.15) is 0 Å². The van der Waals surface area contributed by atoms with Gasteiger partial charge in [0.1, 0.15) is 5.75 Å². The third-order valence-corrected chi connectivity index (χ3v) is 6.02. The normalized spacial score (nSPS) is 17.5. The fraction of sp³-hybridized carbons (Fsp3) is 0.158. The van der Waals surface area contributed by atoms with E-state index in [9.17, 15) is 9.90 Å². The van der Waals surface area contributed by atoms with E-state index in [1.54, 1.807) is 17.0 Å². The highest BCUT2D eigenvalue weighted by Crippen LogP contribution is 2.37. The van der Waals surface area contributed by atoms with Gasteiger partial charge < -0.3 is 5.11 Å². The summed E-state index contributed by atoms with van der Waals surface area (Å²) in [5.74, 6) is 0.0676. The van der Waals surface area contributed by atoms with Crippen LogP contribution in [0, 0.1) is 6.92 Å². The SMILES string of the molecule is CCN1C(=O)/C(=C\c2cc(Br)c(O)c(Br)c2)SC1=Nc1ccc(C)cc1. The molecule has 0 spiro atoms. The Bertz CT molecular complexity index is 901. The largest absolute Gasteiger partial charge is 0.506 e. The number of hydrogen-bond acceptors (Lipinski definition) is 4. The molecule has 0 unspecified atom stereocenters. The van der Waals surface area contributed by atoms with Crippen LogP contribution in [0.3, 0.4) is 0 Å². The molecule has 2 aromatic rings. The number of rotatable bonds is 3. The second kappa shape index (κ2) is 7.98. The Kier molecular flexibility index (Phi) is 5.89. The van der Waals surface area contributed by atoms with Crippen molar-refractivity contribution in [2.24, 2.45) is 4.99 Å². The van der Waals surface area contributed by atoms with Crippen molar-refractivity contribution >= 4 is 66.5 Å². The molecular formula is C19H16Br2N2O2S. The Morgan fingerprint density at radius 1 is 1.19 bits per heavy atom. The fourth-order valence-electron chi connectivity index (χ4n) is 2.42. The molecule has 26 heavy (non-hydrogen) atoms. The number of amidine groups is 1. The van der Waals surface area contributed by atoms with E-state index < -0.39 is 0 Å². The summed E-state index contributed by atoms with van der Waals surface area (Å²) in [5, 5.41) is 10.5. The van der Waals surface area contributed by atoms with Crippen molar-refractivity contribution in [3.63, 3.8) is 0 Å². The lowest BCUT2D eigenvalue weighted by Crippen LogP contribution is -2.28. The number of benzene rings is 2. The van der Waals surface area contributed by atoms with Crippen LogP contribution in [-0.4, -0.2) is 27.6 Å². The molecule has 0 atom stereocenters. The van der Waals surface area contributed by atoms with Crippen molar-refractivity contribution in [2.75, 3.05) is 6.54 Å². The molecule has 0 aromatic heterocycles. The molecule has 1 amide bonds. The van der Waals surface area contributed by atoms with E-state index in [-0.39, 0.29) is 11.7 Å². The predicted molar refractivity (Wildman–Crippen MR) is 115 cm³/mol. The highest BCUT2D eigenvalue weighted by Gasteiger charge is 2.32. The standard InChI is InChI=1S/C19H16Br2N2O2S/c1-3-23-18(25)16(10-12-8-14(20)17(24)15(21)9-12)26-19(23)22-13-6-4-11(2)5-7-13/h4-10,24H,3H2,1-2H3/b16-10+,22-19?. The summed E-state index contributed by atoms with van der Waals surface area (Å²) >= 11 is 7.98. The van der Waals surface area contributed by atoms with Gasteiger partial charge >= 0.3 is 0 Å². The average molecular weight is 496 g/mol. The maximum Gasteiger partial charge on any atom is 0.266 e. The number of aliphatic imine (C=N–C) groups is 1. The van der Waals surface area contributed by atoms with Crippen LogP contribution in [0.1, 0.15) is 18.1 Å². The zero-order chi connectivity index (χ0) is 18.8. The van der Waals surface area contributed by atoms with Gasteiger partial charge in [0.2, 0.25) is 0 Å². The third kappa shape index (κ3) is 4.05. The smallest absolute Gasteiger partial charge is 0.266 e. The Hall–Kier alpha value is -1.57. The van der Waals surface area contributed by atoms with Crippen molar-refractivity contribution in [1.82, 2.24) is 4.90 Å². The Balaban J connectivity index is 1.95. The van der Waals surface area contributed by atoms with Crippen molar-refractivity contribution in [3.8, 4) is 5.75 Å². The minimum atomic E-state index is -0.0660. The number of thioether (sulfide) groups is 1. The van der Waals surface area contributed by atoms with Gasteiger partial charge in [-0.05, 0) is 93.4 Å². The predicted octanol–water partition coefficient (Wildman–Crippen LogP) is 5.85. The Labute approximate surface area is 173 Å². The van der Waals surface area contributed by atoms with Crippen LogP contribution < -0.4 is 0 Å². The second-order valence-electron chi connectivity index (χ2n) is 5.72.